The molecule has 0 radical (unpaired) electrons. The van der Waals surface area contributed by atoms with Gasteiger partial charge in [0.05, 0.1) is 11.6 Å². The van der Waals surface area contributed by atoms with E-state index in [4.69, 9.17) is 9.63 Å². The van der Waals surface area contributed by atoms with E-state index in [1.54, 1.807) is 0 Å². The minimum absolute atomic E-state index is 0.0555. The summed E-state index contributed by atoms with van der Waals surface area (Å²) in [7, 11) is 0. The molecule has 1 unspecified atom stereocenters. The van der Waals surface area contributed by atoms with Crippen molar-refractivity contribution in [2.45, 2.75) is 58.4 Å². The van der Waals surface area contributed by atoms with Gasteiger partial charge in [0.2, 0.25) is 0 Å². The highest BCUT2D eigenvalue weighted by atomic mass is 16.5. The maximum Gasteiger partial charge on any atom is 0.315 e. The van der Waals surface area contributed by atoms with E-state index in [0.29, 0.717) is 32.2 Å². The average molecular weight is 323 g/mol. The zero-order valence-corrected chi connectivity index (χ0v) is 13.9. The molecular weight excluding hydrogens is 298 g/mol. The van der Waals surface area contributed by atoms with Gasteiger partial charge in [0.25, 0.3) is 0 Å². The van der Waals surface area contributed by atoms with Gasteiger partial charge in [-0.3, -0.25) is 4.79 Å². The molecule has 7 nitrogen and oxygen atoms in total. The number of amides is 2. The van der Waals surface area contributed by atoms with Crippen molar-refractivity contribution in [3.05, 3.63) is 17.0 Å². The third-order valence-corrected chi connectivity index (χ3v) is 4.56. The highest BCUT2D eigenvalue weighted by Crippen LogP contribution is 2.24. The normalized spacial score (nSPS) is 22.4. The largest absolute Gasteiger partial charge is 0.481 e. The topological polar surface area (TPSA) is 104 Å². The number of aryl methyl sites for hydroxylation is 2. The molecule has 23 heavy (non-hydrogen) atoms. The van der Waals surface area contributed by atoms with Crippen LogP contribution in [-0.2, 0) is 4.79 Å². The number of carboxylic acids is 1. The van der Waals surface area contributed by atoms with Crippen molar-refractivity contribution in [2.75, 3.05) is 6.54 Å². The van der Waals surface area contributed by atoms with Crippen LogP contribution in [0.5, 0.6) is 0 Å². The first-order chi connectivity index (χ1) is 10.9. The van der Waals surface area contributed by atoms with E-state index in [0.717, 1.165) is 17.0 Å². The molecule has 2 amide bonds. The summed E-state index contributed by atoms with van der Waals surface area (Å²) < 4.78 is 5.15. The summed E-state index contributed by atoms with van der Waals surface area (Å²) in [6.07, 6.45) is 2.67. The fraction of sp³-hybridized carbons (Fsp3) is 0.688. The van der Waals surface area contributed by atoms with E-state index >= 15 is 0 Å². The van der Waals surface area contributed by atoms with Crippen LogP contribution in [0.1, 0.15) is 55.5 Å². The Morgan fingerprint density at radius 3 is 2.48 bits per heavy atom. The first kappa shape index (κ1) is 17.3. The van der Waals surface area contributed by atoms with Gasteiger partial charge in [0.15, 0.2) is 0 Å². The molecule has 7 heteroatoms. The van der Waals surface area contributed by atoms with Gasteiger partial charge in [-0.2, -0.15) is 0 Å². The van der Waals surface area contributed by atoms with Crippen molar-refractivity contribution in [1.82, 2.24) is 15.8 Å². The van der Waals surface area contributed by atoms with Crippen molar-refractivity contribution in [3.63, 3.8) is 0 Å². The summed E-state index contributed by atoms with van der Waals surface area (Å²) in [5.74, 6) is -0.101. The molecule has 0 saturated heterocycles. The number of hydrogen-bond donors (Lipinski definition) is 3. The van der Waals surface area contributed by atoms with Gasteiger partial charge in [-0.1, -0.05) is 12.1 Å². The Hall–Kier alpha value is -2.05. The Bertz CT molecular complexity index is 542. The Labute approximate surface area is 135 Å². The second-order valence-electron chi connectivity index (χ2n) is 6.38. The molecule has 2 rings (SSSR count). The van der Waals surface area contributed by atoms with Crippen molar-refractivity contribution >= 4 is 12.0 Å². The lowest BCUT2D eigenvalue weighted by atomic mass is 9.86. The number of nitrogens with zero attached hydrogens (tertiary/aromatic N) is 1. The van der Waals surface area contributed by atoms with Gasteiger partial charge in [0.1, 0.15) is 5.76 Å². The third-order valence-electron chi connectivity index (χ3n) is 4.56. The van der Waals surface area contributed by atoms with Crippen LogP contribution in [0.25, 0.3) is 0 Å². The molecule has 128 valence electrons. The molecule has 0 spiro atoms. The van der Waals surface area contributed by atoms with Gasteiger partial charge < -0.3 is 20.3 Å². The van der Waals surface area contributed by atoms with Gasteiger partial charge in [-0.25, -0.2) is 4.79 Å². The second-order valence-corrected chi connectivity index (χ2v) is 6.38. The summed E-state index contributed by atoms with van der Waals surface area (Å²) >= 11 is 0. The molecule has 0 aromatic carbocycles. The molecule has 1 atom stereocenters. The molecule has 1 aromatic heterocycles. The lowest BCUT2D eigenvalue weighted by Crippen LogP contribution is -2.45. The van der Waals surface area contributed by atoms with Crippen LogP contribution in [0.3, 0.4) is 0 Å². The van der Waals surface area contributed by atoms with E-state index in [9.17, 15) is 9.59 Å². The third kappa shape index (κ3) is 4.46. The maximum absolute atomic E-state index is 12.0. The maximum atomic E-state index is 12.0. The van der Waals surface area contributed by atoms with E-state index in [1.807, 2.05) is 20.8 Å². The minimum atomic E-state index is -0.735. The predicted molar refractivity (Wildman–Crippen MR) is 84.3 cm³/mol. The zero-order valence-electron chi connectivity index (χ0n) is 13.9. The molecule has 1 saturated carbocycles. The summed E-state index contributed by atoms with van der Waals surface area (Å²) in [6, 6.07) is -0.151. The predicted octanol–water partition coefficient (Wildman–Crippen LogP) is 2.34. The lowest BCUT2D eigenvalue weighted by molar-refractivity contribution is -0.142. The molecule has 0 bridgehead atoms. The van der Waals surface area contributed by atoms with Crippen molar-refractivity contribution < 1.29 is 19.2 Å². The number of aromatic nitrogens is 1. The van der Waals surface area contributed by atoms with E-state index in [1.165, 1.54) is 0 Å². The summed E-state index contributed by atoms with van der Waals surface area (Å²) in [6.45, 7) is 6.28. The monoisotopic (exact) mass is 323 g/mol. The van der Waals surface area contributed by atoms with E-state index in [-0.39, 0.29) is 23.9 Å². The molecular formula is C16H25N3O4. The van der Waals surface area contributed by atoms with Crippen LogP contribution in [0.4, 0.5) is 4.79 Å². The number of rotatable bonds is 5. The molecule has 1 aliphatic carbocycles. The molecule has 0 aliphatic heterocycles. The van der Waals surface area contributed by atoms with Crippen molar-refractivity contribution in [1.29, 1.82) is 0 Å². The molecule has 1 aliphatic rings. The SMILES string of the molecule is Cc1noc(C)c1C(C)CNC(=O)NC1CCC(C(=O)O)CC1. The van der Waals surface area contributed by atoms with Gasteiger partial charge in [0, 0.05) is 24.1 Å². The minimum Gasteiger partial charge on any atom is -0.481 e. The molecule has 1 aromatic rings. The lowest BCUT2D eigenvalue weighted by Gasteiger charge is -2.27. The average Bonchev–Trinajstić information content (AvgIpc) is 2.84. The van der Waals surface area contributed by atoms with Crippen molar-refractivity contribution in [2.24, 2.45) is 5.92 Å². The highest BCUT2D eigenvalue weighted by molar-refractivity contribution is 5.74. The number of carboxylic acid groups (broad SMARTS) is 1. The number of hydrogen-bond acceptors (Lipinski definition) is 4. The second kappa shape index (κ2) is 7.48. The quantitative estimate of drug-likeness (QED) is 0.771. The van der Waals surface area contributed by atoms with Gasteiger partial charge in [-0.05, 0) is 39.5 Å². The fourth-order valence-corrected chi connectivity index (χ4v) is 3.26. The van der Waals surface area contributed by atoms with Crippen LogP contribution >= 0.6 is 0 Å². The van der Waals surface area contributed by atoms with Crippen LogP contribution < -0.4 is 10.6 Å². The number of urea groups is 1. The van der Waals surface area contributed by atoms with Crippen LogP contribution in [0.2, 0.25) is 0 Å². The van der Waals surface area contributed by atoms with E-state index < -0.39 is 5.97 Å². The number of aliphatic carboxylic acids is 1. The summed E-state index contributed by atoms with van der Waals surface area (Å²) in [4.78, 5) is 22.9. The first-order valence-electron chi connectivity index (χ1n) is 8.08. The Kier molecular flexibility index (Phi) is 5.63. The fourth-order valence-electron chi connectivity index (χ4n) is 3.26. The number of nitrogens with one attached hydrogen (secondary N) is 2. The number of carbonyl (C=O) groups is 2. The standard InChI is InChI=1S/C16H25N3O4/c1-9(14-10(2)19-23-11(14)3)8-17-16(22)18-13-6-4-12(5-7-13)15(20)21/h9,12-13H,4-8H2,1-3H3,(H,20,21)(H2,17,18,22). The Morgan fingerprint density at radius 1 is 1.30 bits per heavy atom. The highest BCUT2D eigenvalue weighted by Gasteiger charge is 2.26. The van der Waals surface area contributed by atoms with Gasteiger partial charge in [-0.15, -0.1) is 0 Å². The molecule has 1 fully saturated rings. The van der Waals surface area contributed by atoms with Gasteiger partial charge >= 0.3 is 12.0 Å². The van der Waals surface area contributed by atoms with Crippen LogP contribution in [0, 0.1) is 19.8 Å². The number of carbonyl (C=O) groups excluding carboxylic acids is 1. The molecule has 3 N–H and O–H groups in total. The zero-order chi connectivity index (χ0) is 17.0. The van der Waals surface area contributed by atoms with E-state index in [2.05, 4.69) is 15.8 Å². The smallest absolute Gasteiger partial charge is 0.315 e. The molecule has 1 heterocycles. The summed E-state index contributed by atoms with van der Waals surface area (Å²) in [5, 5.41) is 18.7. The Morgan fingerprint density at radius 2 is 1.96 bits per heavy atom. The first-order valence-corrected chi connectivity index (χ1v) is 8.08. The summed E-state index contributed by atoms with van der Waals surface area (Å²) in [5.41, 5.74) is 1.89. The Balaban J connectivity index is 1.74. The van der Waals surface area contributed by atoms with Crippen molar-refractivity contribution in [3.8, 4) is 0 Å². The van der Waals surface area contributed by atoms with Crippen LogP contribution in [0.15, 0.2) is 4.52 Å². The van der Waals surface area contributed by atoms with Crippen LogP contribution in [-0.4, -0.2) is 34.9 Å².